The number of anilines is 1. The third kappa shape index (κ3) is 3.27. The van der Waals surface area contributed by atoms with Gasteiger partial charge in [0, 0.05) is 34.6 Å². The van der Waals surface area contributed by atoms with Gasteiger partial charge in [-0.3, -0.25) is 10.1 Å². The number of hydrogen-bond acceptors (Lipinski definition) is 4. The second-order valence-corrected chi connectivity index (χ2v) is 6.68. The van der Waals surface area contributed by atoms with Crippen molar-refractivity contribution < 1.29 is 4.79 Å². The van der Waals surface area contributed by atoms with Crippen LogP contribution in [0.2, 0.25) is 0 Å². The van der Waals surface area contributed by atoms with Crippen molar-refractivity contribution >= 4 is 22.4 Å². The molecule has 2 aromatic carbocycles. The first-order chi connectivity index (χ1) is 12.7. The lowest BCUT2D eigenvalue weighted by atomic mass is 10.1. The number of rotatable bonds is 4. The van der Waals surface area contributed by atoms with E-state index in [1.807, 2.05) is 46.5 Å². The van der Waals surface area contributed by atoms with Gasteiger partial charge < -0.3 is 4.57 Å². The molecule has 2 aromatic heterocycles. The Balaban J connectivity index is 1.49. The van der Waals surface area contributed by atoms with E-state index in [9.17, 15) is 4.79 Å². The number of imidazole rings is 1. The molecule has 0 aliphatic carbocycles. The summed E-state index contributed by atoms with van der Waals surface area (Å²) in [6, 6.07) is 15.4. The van der Waals surface area contributed by atoms with Crippen molar-refractivity contribution in [2.75, 3.05) is 5.32 Å². The van der Waals surface area contributed by atoms with Gasteiger partial charge in [0.2, 0.25) is 0 Å². The van der Waals surface area contributed by atoms with Gasteiger partial charge in [-0.05, 0) is 36.8 Å². The van der Waals surface area contributed by atoms with Crippen LogP contribution in [0.5, 0.6) is 0 Å². The lowest BCUT2D eigenvalue weighted by Crippen LogP contribution is -2.11. The summed E-state index contributed by atoms with van der Waals surface area (Å²) in [5, 5.41) is 5.42. The van der Waals surface area contributed by atoms with Gasteiger partial charge in [0.05, 0.1) is 12.0 Å². The second kappa shape index (κ2) is 6.93. The van der Waals surface area contributed by atoms with Gasteiger partial charge in [0.25, 0.3) is 5.91 Å². The number of aromatic nitrogens is 3. The van der Waals surface area contributed by atoms with Crippen molar-refractivity contribution in [1.29, 1.82) is 0 Å². The molecule has 1 N–H and O–H groups in total. The predicted molar refractivity (Wildman–Crippen MR) is 104 cm³/mol. The van der Waals surface area contributed by atoms with Gasteiger partial charge in [-0.2, -0.15) is 0 Å². The van der Waals surface area contributed by atoms with Gasteiger partial charge in [-0.15, -0.1) is 11.3 Å². The Morgan fingerprint density at radius 1 is 1.12 bits per heavy atom. The Morgan fingerprint density at radius 3 is 2.65 bits per heavy atom. The molecule has 2 heterocycles. The first-order valence-electron chi connectivity index (χ1n) is 8.12. The smallest absolute Gasteiger partial charge is 0.257 e. The van der Waals surface area contributed by atoms with Crippen molar-refractivity contribution in [2.24, 2.45) is 0 Å². The van der Waals surface area contributed by atoms with E-state index in [-0.39, 0.29) is 5.91 Å². The Kier molecular flexibility index (Phi) is 4.33. The van der Waals surface area contributed by atoms with Crippen LogP contribution in [0.15, 0.2) is 72.6 Å². The van der Waals surface area contributed by atoms with Crippen molar-refractivity contribution in [2.45, 2.75) is 6.92 Å². The first kappa shape index (κ1) is 16.2. The van der Waals surface area contributed by atoms with E-state index in [1.54, 1.807) is 24.7 Å². The zero-order valence-corrected chi connectivity index (χ0v) is 14.9. The van der Waals surface area contributed by atoms with Crippen molar-refractivity contribution in [1.82, 2.24) is 14.5 Å². The Morgan fingerprint density at radius 2 is 1.92 bits per heavy atom. The molecule has 0 spiro atoms. The molecule has 26 heavy (non-hydrogen) atoms. The summed E-state index contributed by atoms with van der Waals surface area (Å²) in [6.07, 6.45) is 5.30. The van der Waals surface area contributed by atoms with E-state index >= 15 is 0 Å². The molecule has 0 atom stereocenters. The number of amides is 1. The minimum atomic E-state index is -0.173. The number of carbonyl (C=O) groups is 1. The van der Waals surface area contributed by atoms with Crippen molar-refractivity contribution in [3.05, 3.63) is 83.8 Å². The van der Waals surface area contributed by atoms with Gasteiger partial charge in [0.1, 0.15) is 0 Å². The predicted octanol–water partition coefficient (Wildman–Crippen LogP) is 4.56. The van der Waals surface area contributed by atoms with Gasteiger partial charge in [-0.1, -0.05) is 24.3 Å². The fourth-order valence-electron chi connectivity index (χ4n) is 2.68. The molecule has 6 heteroatoms. The highest BCUT2D eigenvalue weighted by molar-refractivity contribution is 7.14. The minimum absolute atomic E-state index is 0.173. The highest BCUT2D eigenvalue weighted by Crippen LogP contribution is 2.27. The van der Waals surface area contributed by atoms with Crippen LogP contribution in [0.1, 0.15) is 15.9 Å². The standard InChI is InChI=1S/C20H16N4OS/c1-14-4-2-3-5-17(14)18-12-26-20(22-18)23-19(25)15-6-8-16(9-7-15)24-11-10-21-13-24/h2-13H,1H3,(H,22,23,25). The summed E-state index contributed by atoms with van der Waals surface area (Å²) in [6.45, 7) is 2.05. The number of nitrogens with zero attached hydrogens (tertiary/aromatic N) is 3. The zero-order chi connectivity index (χ0) is 17.9. The second-order valence-electron chi connectivity index (χ2n) is 5.82. The molecule has 0 aliphatic heterocycles. The van der Waals surface area contributed by atoms with Gasteiger partial charge in [-0.25, -0.2) is 9.97 Å². The van der Waals surface area contributed by atoms with E-state index in [4.69, 9.17) is 0 Å². The van der Waals surface area contributed by atoms with Crippen molar-refractivity contribution in [3.8, 4) is 16.9 Å². The normalized spacial score (nSPS) is 10.7. The number of carbonyl (C=O) groups excluding carboxylic acids is 1. The summed E-state index contributed by atoms with van der Waals surface area (Å²) in [7, 11) is 0. The molecule has 0 fully saturated rings. The van der Waals surface area contributed by atoms with Crippen LogP contribution < -0.4 is 5.32 Å². The molecule has 5 nitrogen and oxygen atoms in total. The molecule has 0 saturated heterocycles. The van der Waals surface area contributed by atoms with Crippen LogP contribution in [-0.4, -0.2) is 20.4 Å². The third-order valence-corrected chi connectivity index (χ3v) is 4.84. The van der Waals surface area contributed by atoms with Crippen molar-refractivity contribution in [3.63, 3.8) is 0 Å². The largest absolute Gasteiger partial charge is 0.306 e. The molecule has 0 unspecified atom stereocenters. The summed E-state index contributed by atoms with van der Waals surface area (Å²) < 4.78 is 1.89. The Labute approximate surface area is 155 Å². The van der Waals surface area contributed by atoms with Gasteiger partial charge in [0.15, 0.2) is 5.13 Å². The maximum Gasteiger partial charge on any atom is 0.257 e. The highest BCUT2D eigenvalue weighted by Gasteiger charge is 2.11. The number of hydrogen-bond donors (Lipinski definition) is 1. The van der Waals surface area contributed by atoms with Crippen LogP contribution in [0.3, 0.4) is 0 Å². The minimum Gasteiger partial charge on any atom is -0.306 e. The molecule has 4 rings (SSSR count). The average Bonchev–Trinajstić information content (AvgIpc) is 3.34. The number of aryl methyl sites for hydroxylation is 1. The van der Waals surface area contributed by atoms with E-state index in [0.717, 1.165) is 22.5 Å². The van der Waals surface area contributed by atoms with Crippen LogP contribution in [0.25, 0.3) is 16.9 Å². The number of nitrogens with one attached hydrogen (secondary N) is 1. The lowest BCUT2D eigenvalue weighted by Gasteiger charge is -2.05. The van der Waals surface area contributed by atoms with Crippen LogP contribution in [0, 0.1) is 6.92 Å². The average molecular weight is 360 g/mol. The lowest BCUT2D eigenvalue weighted by molar-refractivity contribution is 0.102. The Bertz CT molecular complexity index is 1040. The maximum absolute atomic E-state index is 12.5. The molecule has 0 saturated carbocycles. The summed E-state index contributed by atoms with van der Waals surface area (Å²) in [5.41, 5.74) is 4.65. The molecule has 4 aromatic rings. The molecule has 128 valence electrons. The number of thiazole rings is 1. The Hall–Kier alpha value is -3.25. The molecular formula is C20H16N4OS. The fraction of sp³-hybridized carbons (Fsp3) is 0.0500. The van der Waals surface area contributed by atoms with E-state index in [0.29, 0.717) is 10.7 Å². The van der Waals surface area contributed by atoms with Crippen LogP contribution in [-0.2, 0) is 0 Å². The molecular weight excluding hydrogens is 344 g/mol. The topological polar surface area (TPSA) is 59.8 Å². The third-order valence-electron chi connectivity index (χ3n) is 4.08. The summed E-state index contributed by atoms with van der Waals surface area (Å²) in [5.74, 6) is -0.173. The zero-order valence-electron chi connectivity index (χ0n) is 14.1. The number of benzene rings is 2. The van der Waals surface area contributed by atoms with E-state index in [1.165, 1.54) is 11.3 Å². The fourth-order valence-corrected chi connectivity index (χ4v) is 3.39. The SMILES string of the molecule is Cc1ccccc1-c1csc(NC(=O)c2ccc(-n3ccnc3)cc2)n1. The molecule has 1 amide bonds. The highest BCUT2D eigenvalue weighted by atomic mass is 32.1. The van der Waals surface area contributed by atoms with Crippen LogP contribution >= 0.6 is 11.3 Å². The summed E-state index contributed by atoms with van der Waals surface area (Å²) in [4.78, 5) is 21.0. The van der Waals surface area contributed by atoms with Gasteiger partial charge >= 0.3 is 0 Å². The molecule has 0 aliphatic rings. The molecule has 0 bridgehead atoms. The van der Waals surface area contributed by atoms with E-state index in [2.05, 4.69) is 28.3 Å². The maximum atomic E-state index is 12.5. The molecule has 0 radical (unpaired) electrons. The quantitative estimate of drug-likeness (QED) is 0.580. The van der Waals surface area contributed by atoms with Crippen LogP contribution in [0.4, 0.5) is 5.13 Å². The summed E-state index contributed by atoms with van der Waals surface area (Å²) >= 11 is 1.42. The van der Waals surface area contributed by atoms with E-state index < -0.39 is 0 Å². The monoisotopic (exact) mass is 360 g/mol. The first-order valence-corrected chi connectivity index (χ1v) is 9.00.